The van der Waals surface area contributed by atoms with E-state index in [1.165, 1.54) is 16.8 Å². The molecule has 1 rings (SSSR count). The fourth-order valence-electron chi connectivity index (χ4n) is 1.66. The fraction of sp³-hybridized carbons (Fsp3) is 0.583. The van der Waals surface area contributed by atoms with E-state index in [1.54, 1.807) is 0 Å². The molecular weight excluding hydrogens is 186 g/mol. The lowest BCUT2D eigenvalue weighted by Gasteiger charge is -2.16. The number of aryl methyl sites for hydroxylation is 1. The van der Waals surface area contributed by atoms with Crippen LogP contribution >= 0.6 is 0 Å². The number of aromatic nitrogens is 2. The molecule has 0 aromatic carbocycles. The molecule has 1 N–H and O–H groups in total. The Hall–Kier alpha value is -1.09. The molecule has 1 aromatic heterocycles. The van der Waals surface area contributed by atoms with Crippen molar-refractivity contribution < 1.29 is 0 Å². The standard InChI is InChI=1S/C12H21N3/c1-6-9(2)7-12(13-4)11-8-14-15(5)10(11)3/h8,12-13H,2,6-7H2,1,3-5H3. The van der Waals surface area contributed by atoms with E-state index >= 15 is 0 Å². The lowest BCUT2D eigenvalue weighted by Crippen LogP contribution is -2.17. The maximum Gasteiger partial charge on any atom is 0.0540 e. The predicted molar refractivity (Wildman–Crippen MR) is 63.8 cm³/mol. The van der Waals surface area contributed by atoms with E-state index in [2.05, 4.69) is 30.8 Å². The average Bonchev–Trinajstić information content (AvgIpc) is 2.56. The Labute approximate surface area is 92.2 Å². The number of nitrogens with zero attached hydrogens (tertiary/aromatic N) is 2. The molecule has 0 aliphatic carbocycles. The highest BCUT2D eigenvalue weighted by molar-refractivity contribution is 5.22. The van der Waals surface area contributed by atoms with Gasteiger partial charge in [0.05, 0.1) is 6.20 Å². The summed E-state index contributed by atoms with van der Waals surface area (Å²) in [6.07, 6.45) is 3.97. The Balaban J connectivity index is 2.83. The van der Waals surface area contributed by atoms with E-state index in [0.717, 1.165) is 12.8 Å². The third kappa shape index (κ3) is 2.69. The highest BCUT2D eigenvalue weighted by Crippen LogP contribution is 2.23. The second-order valence-corrected chi connectivity index (χ2v) is 3.96. The van der Waals surface area contributed by atoms with Crippen molar-refractivity contribution in [2.75, 3.05) is 7.05 Å². The van der Waals surface area contributed by atoms with Gasteiger partial charge in [-0.15, -0.1) is 0 Å². The molecule has 0 radical (unpaired) electrons. The van der Waals surface area contributed by atoms with E-state index in [1.807, 2.05) is 25.0 Å². The Bertz CT molecular complexity index is 339. The van der Waals surface area contributed by atoms with Gasteiger partial charge in [0.25, 0.3) is 0 Å². The topological polar surface area (TPSA) is 29.9 Å². The summed E-state index contributed by atoms with van der Waals surface area (Å²) in [4.78, 5) is 0. The predicted octanol–water partition coefficient (Wildman–Crippen LogP) is 2.35. The summed E-state index contributed by atoms with van der Waals surface area (Å²) >= 11 is 0. The van der Waals surface area contributed by atoms with Crippen LogP contribution in [0.3, 0.4) is 0 Å². The van der Waals surface area contributed by atoms with Gasteiger partial charge in [-0.2, -0.15) is 5.10 Å². The molecule has 0 saturated heterocycles. The van der Waals surface area contributed by atoms with Gasteiger partial charge in [-0.05, 0) is 26.8 Å². The quantitative estimate of drug-likeness (QED) is 0.751. The highest BCUT2D eigenvalue weighted by atomic mass is 15.3. The maximum absolute atomic E-state index is 4.27. The van der Waals surface area contributed by atoms with Crippen LogP contribution in [0.15, 0.2) is 18.3 Å². The van der Waals surface area contributed by atoms with Gasteiger partial charge in [-0.25, -0.2) is 0 Å². The van der Waals surface area contributed by atoms with E-state index < -0.39 is 0 Å². The van der Waals surface area contributed by atoms with Crippen LogP contribution in [0.2, 0.25) is 0 Å². The van der Waals surface area contributed by atoms with Crippen LogP contribution in [0, 0.1) is 6.92 Å². The molecule has 1 aromatic rings. The molecule has 0 bridgehead atoms. The summed E-state index contributed by atoms with van der Waals surface area (Å²) in [5.74, 6) is 0. The average molecular weight is 207 g/mol. The Morgan fingerprint density at radius 2 is 2.33 bits per heavy atom. The van der Waals surface area contributed by atoms with Crippen molar-refractivity contribution in [2.24, 2.45) is 7.05 Å². The zero-order valence-corrected chi connectivity index (χ0v) is 10.2. The van der Waals surface area contributed by atoms with Crippen molar-refractivity contribution in [2.45, 2.75) is 32.7 Å². The fourth-order valence-corrected chi connectivity index (χ4v) is 1.66. The van der Waals surface area contributed by atoms with Crippen molar-refractivity contribution in [1.29, 1.82) is 0 Å². The lowest BCUT2D eigenvalue weighted by molar-refractivity contribution is 0.577. The largest absolute Gasteiger partial charge is 0.313 e. The normalized spacial score (nSPS) is 12.8. The van der Waals surface area contributed by atoms with Crippen LogP contribution in [0.1, 0.15) is 37.1 Å². The molecule has 0 amide bonds. The van der Waals surface area contributed by atoms with Gasteiger partial charge in [0.2, 0.25) is 0 Å². The van der Waals surface area contributed by atoms with E-state index in [4.69, 9.17) is 0 Å². The molecule has 1 heterocycles. The van der Waals surface area contributed by atoms with E-state index in [-0.39, 0.29) is 0 Å². The number of nitrogens with one attached hydrogen (secondary N) is 1. The third-order valence-electron chi connectivity index (χ3n) is 2.99. The molecule has 84 valence electrons. The summed E-state index contributed by atoms with van der Waals surface area (Å²) in [6.45, 7) is 8.30. The monoisotopic (exact) mass is 207 g/mol. The van der Waals surface area contributed by atoms with Crippen LogP contribution in [0.25, 0.3) is 0 Å². The minimum atomic E-state index is 0.339. The van der Waals surface area contributed by atoms with Crippen molar-refractivity contribution >= 4 is 0 Å². The second-order valence-electron chi connectivity index (χ2n) is 3.96. The molecule has 0 fully saturated rings. The second kappa shape index (κ2) is 5.12. The number of hydrogen-bond acceptors (Lipinski definition) is 2. The summed E-state index contributed by atoms with van der Waals surface area (Å²) in [5.41, 5.74) is 3.77. The van der Waals surface area contributed by atoms with Crippen LogP contribution in [0.5, 0.6) is 0 Å². The summed E-state index contributed by atoms with van der Waals surface area (Å²) < 4.78 is 1.91. The molecule has 0 saturated carbocycles. The highest BCUT2D eigenvalue weighted by Gasteiger charge is 2.15. The van der Waals surface area contributed by atoms with Crippen LogP contribution in [-0.2, 0) is 7.05 Å². The van der Waals surface area contributed by atoms with Crippen molar-refractivity contribution in [3.8, 4) is 0 Å². The summed E-state index contributed by atoms with van der Waals surface area (Å²) in [6, 6.07) is 0.339. The molecule has 3 heteroatoms. The van der Waals surface area contributed by atoms with Gasteiger partial charge in [0.15, 0.2) is 0 Å². The van der Waals surface area contributed by atoms with Crippen molar-refractivity contribution in [3.63, 3.8) is 0 Å². The van der Waals surface area contributed by atoms with Gasteiger partial charge >= 0.3 is 0 Å². The third-order valence-corrected chi connectivity index (χ3v) is 2.99. The molecule has 1 unspecified atom stereocenters. The van der Waals surface area contributed by atoms with E-state index in [0.29, 0.717) is 6.04 Å². The van der Waals surface area contributed by atoms with Crippen molar-refractivity contribution in [1.82, 2.24) is 15.1 Å². The van der Waals surface area contributed by atoms with Gasteiger partial charge in [0, 0.05) is 24.3 Å². The SMILES string of the molecule is C=C(CC)CC(NC)c1cnn(C)c1C. The van der Waals surface area contributed by atoms with Gasteiger partial charge in [0.1, 0.15) is 0 Å². The smallest absolute Gasteiger partial charge is 0.0540 e. The van der Waals surface area contributed by atoms with Crippen molar-refractivity contribution in [3.05, 3.63) is 29.6 Å². The first-order valence-electron chi connectivity index (χ1n) is 5.42. The van der Waals surface area contributed by atoms with Crippen LogP contribution in [-0.4, -0.2) is 16.8 Å². The first kappa shape index (κ1) is 12.0. The summed E-state index contributed by atoms with van der Waals surface area (Å²) in [7, 11) is 3.96. The minimum absolute atomic E-state index is 0.339. The van der Waals surface area contributed by atoms with Crippen LogP contribution < -0.4 is 5.32 Å². The van der Waals surface area contributed by atoms with E-state index in [9.17, 15) is 0 Å². The maximum atomic E-state index is 4.27. The summed E-state index contributed by atoms with van der Waals surface area (Å²) in [5, 5.41) is 7.59. The molecule has 0 aliphatic heterocycles. The molecular formula is C12H21N3. The van der Waals surface area contributed by atoms with Gasteiger partial charge < -0.3 is 5.32 Å². The molecule has 15 heavy (non-hydrogen) atoms. The Morgan fingerprint density at radius 3 is 2.73 bits per heavy atom. The minimum Gasteiger partial charge on any atom is -0.313 e. The van der Waals surface area contributed by atoms with Gasteiger partial charge in [-0.1, -0.05) is 19.1 Å². The van der Waals surface area contributed by atoms with Crippen LogP contribution in [0.4, 0.5) is 0 Å². The molecule has 0 aliphatic rings. The zero-order valence-electron chi connectivity index (χ0n) is 10.2. The first-order valence-corrected chi connectivity index (χ1v) is 5.42. The molecule has 1 atom stereocenters. The molecule has 0 spiro atoms. The molecule has 3 nitrogen and oxygen atoms in total. The Kier molecular flexibility index (Phi) is 4.09. The zero-order chi connectivity index (χ0) is 11.4. The first-order chi connectivity index (χ1) is 7.10. The Morgan fingerprint density at radius 1 is 1.67 bits per heavy atom. The van der Waals surface area contributed by atoms with Gasteiger partial charge in [-0.3, -0.25) is 4.68 Å². The number of rotatable bonds is 5. The number of hydrogen-bond donors (Lipinski definition) is 1. The lowest BCUT2D eigenvalue weighted by atomic mass is 9.99.